The topological polar surface area (TPSA) is 63.2 Å². The molecule has 0 aromatic carbocycles. The number of carbonyl (C=O) groups is 1. The Hall–Kier alpha value is -0.560. The molecule has 0 fully saturated rings. The first-order valence-corrected chi connectivity index (χ1v) is 5.34. The maximum Gasteiger partial charge on any atom is 0.509 e. The molecule has 0 saturated heterocycles. The Labute approximate surface area is 99.7 Å². The molecule has 96 valence electrons. The van der Waals surface area contributed by atoms with Gasteiger partial charge in [0.25, 0.3) is 0 Å². The smallest absolute Gasteiger partial charge is 0.432 e. The Morgan fingerprint density at radius 3 is 2.06 bits per heavy atom. The number of ether oxygens (including phenoxy) is 5. The molecule has 0 amide bonds. The zero-order valence-electron chi connectivity index (χ0n) is 9.28. The molecule has 0 aromatic heterocycles. The Balaban J connectivity index is 3.01. The average Bonchev–Trinajstić information content (AvgIpc) is 2.27. The molecule has 0 bridgehead atoms. The van der Waals surface area contributed by atoms with Gasteiger partial charge in [0, 0.05) is 7.11 Å². The SMILES string of the molecule is COCCOCCOCCOC(=O)OCCl. The lowest BCUT2D eigenvalue weighted by molar-refractivity contribution is 0.00376. The summed E-state index contributed by atoms with van der Waals surface area (Å²) in [4.78, 5) is 10.6. The van der Waals surface area contributed by atoms with Crippen LogP contribution in [0.2, 0.25) is 0 Å². The molecule has 0 rings (SSSR count). The molecule has 0 N–H and O–H groups in total. The molecule has 7 heteroatoms. The average molecular weight is 257 g/mol. The van der Waals surface area contributed by atoms with E-state index in [9.17, 15) is 4.79 Å². The first kappa shape index (κ1) is 15.4. The largest absolute Gasteiger partial charge is 0.509 e. The Bertz CT molecular complexity index is 166. The van der Waals surface area contributed by atoms with Gasteiger partial charge in [-0.15, -0.1) is 0 Å². The van der Waals surface area contributed by atoms with Gasteiger partial charge in [0.05, 0.1) is 33.0 Å². The highest BCUT2D eigenvalue weighted by molar-refractivity contribution is 6.17. The molecule has 0 atom stereocenters. The second kappa shape index (κ2) is 12.5. The van der Waals surface area contributed by atoms with E-state index in [1.165, 1.54) is 0 Å². The highest BCUT2D eigenvalue weighted by Crippen LogP contribution is 1.88. The molecule has 0 saturated carbocycles. The summed E-state index contributed by atoms with van der Waals surface area (Å²) in [6, 6.07) is -0.215. The number of methoxy groups -OCH3 is 1. The molecule has 6 nitrogen and oxygen atoms in total. The van der Waals surface area contributed by atoms with Crippen LogP contribution in [0.3, 0.4) is 0 Å². The van der Waals surface area contributed by atoms with Crippen LogP contribution in [0.1, 0.15) is 0 Å². The summed E-state index contributed by atoms with van der Waals surface area (Å²) in [6.45, 7) is 2.46. The van der Waals surface area contributed by atoms with Gasteiger partial charge < -0.3 is 23.7 Å². The predicted octanol–water partition coefficient (Wildman–Crippen LogP) is 1.02. The lowest BCUT2D eigenvalue weighted by atomic mass is 10.7. The van der Waals surface area contributed by atoms with Crippen LogP contribution < -0.4 is 0 Å². The minimum absolute atomic E-state index is 0.133. The first-order valence-electron chi connectivity index (χ1n) is 4.81. The van der Waals surface area contributed by atoms with E-state index in [4.69, 9.17) is 25.8 Å². The highest BCUT2D eigenvalue weighted by atomic mass is 35.5. The van der Waals surface area contributed by atoms with Crippen molar-refractivity contribution in [3.8, 4) is 0 Å². The number of hydrogen-bond acceptors (Lipinski definition) is 6. The fourth-order valence-electron chi connectivity index (χ4n) is 0.734. The number of carbonyl (C=O) groups excluding carboxylic acids is 1. The van der Waals surface area contributed by atoms with Crippen LogP contribution in [0.15, 0.2) is 0 Å². The van der Waals surface area contributed by atoms with Gasteiger partial charge in [0.1, 0.15) is 6.61 Å². The fraction of sp³-hybridized carbons (Fsp3) is 0.889. The van der Waals surface area contributed by atoms with E-state index in [-0.39, 0.29) is 12.7 Å². The van der Waals surface area contributed by atoms with Crippen LogP contribution in [0.25, 0.3) is 0 Å². The number of rotatable bonds is 10. The zero-order valence-corrected chi connectivity index (χ0v) is 10.0. The van der Waals surface area contributed by atoms with Crippen molar-refractivity contribution in [3.05, 3.63) is 0 Å². The number of alkyl halides is 1. The van der Waals surface area contributed by atoms with Gasteiger partial charge in [-0.1, -0.05) is 11.6 Å². The quantitative estimate of drug-likeness (QED) is 0.330. The molecule has 0 unspecified atom stereocenters. The van der Waals surface area contributed by atoms with E-state index in [0.29, 0.717) is 33.0 Å². The minimum atomic E-state index is -0.796. The van der Waals surface area contributed by atoms with Gasteiger partial charge in [0.15, 0.2) is 6.07 Å². The van der Waals surface area contributed by atoms with Crippen LogP contribution in [0.4, 0.5) is 4.79 Å². The van der Waals surface area contributed by atoms with Crippen molar-refractivity contribution >= 4 is 17.8 Å². The van der Waals surface area contributed by atoms with E-state index < -0.39 is 6.16 Å². The Morgan fingerprint density at radius 1 is 0.938 bits per heavy atom. The summed E-state index contributed by atoms with van der Waals surface area (Å²) in [5.74, 6) is 0. The lowest BCUT2D eigenvalue weighted by Crippen LogP contribution is -2.14. The standard InChI is InChI=1S/C9H17ClO6/c1-12-2-3-13-4-5-14-6-7-15-9(11)16-8-10/h2-8H2,1H3. The molecule has 0 aliphatic heterocycles. The van der Waals surface area contributed by atoms with Gasteiger partial charge >= 0.3 is 6.16 Å². The molecular weight excluding hydrogens is 240 g/mol. The number of hydrogen-bond donors (Lipinski definition) is 0. The Morgan fingerprint density at radius 2 is 1.50 bits per heavy atom. The molecular formula is C9H17ClO6. The van der Waals surface area contributed by atoms with E-state index in [2.05, 4.69) is 9.47 Å². The summed E-state index contributed by atoms with van der Waals surface area (Å²) >= 11 is 5.14. The maximum absolute atomic E-state index is 10.6. The second-order valence-corrected chi connectivity index (χ2v) is 2.79. The van der Waals surface area contributed by atoms with Crippen LogP contribution >= 0.6 is 11.6 Å². The minimum Gasteiger partial charge on any atom is -0.432 e. The lowest BCUT2D eigenvalue weighted by Gasteiger charge is -2.06. The third-order valence-electron chi connectivity index (χ3n) is 1.42. The van der Waals surface area contributed by atoms with Crippen molar-refractivity contribution in [2.45, 2.75) is 0 Å². The van der Waals surface area contributed by atoms with Crippen LogP contribution in [-0.4, -0.2) is 59.0 Å². The number of halogens is 1. The molecule has 0 radical (unpaired) electrons. The van der Waals surface area contributed by atoms with E-state index in [1.807, 2.05) is 0 Å². The molecule has 0 aliphatic rings. The van der Waals surface area contributed by atoms with E-state index in [1.54, 1.807) is 7.11 Å². The highest BCUT2D eigenvalue weighted by Gasteiger charge is 2.01. The summed E-state index contributed by atoms with van der Waals surface area (Å²) < 4.78 is 24.0. The maximum atomic E-state index is 10.6. The monoisotopic (exact) mass is 256 g/mol. The van der Waals surface area contributed by atoms with Crippen molar-refractivity contribution in [1.29, 1.82) is 0 Å². The van der Waals surface area contributed by atoms with Crippen LogP contribution in [0, 0.1) is 0 Å². The molecule has 0 aliphatic carbocycles. The summed E-state index contributed by atoms with van der Waals surface area (Å²) in [5, 5.41) is 0. The van der Waals surface area contributed by atoms with Crippen LogP contribution in [-0.2, 0) is 23.7 Å². The van der Waals surface area contributed by atoms with Crippen molar-refractivity contribution in [1.82, 2.24) is 0 Å². The third-order valence-corrected chi connectivity index (χ3v) is 1.53. The van der Waals surface area contributed by atoms with Crippen molar-refractivity contribution in [2.75, 3.05) is 52.8 Å². The second-order valence-electron chi connectivity index (χ2n) is 2.57. The van der Waals surface area contributed by atoms with Crippen molar-refractivity contribution < 1.29 is 28.5 Å². The fourth-order valence-corrected chi connectivity index (χ4v) is 0.823. The molecule has 0 aromatic rings. The summed E-state index contributed by atoms with van der Waals surface area (Å²) in [5.41, 5.74) is 0. The summed E-state index contributed by atoms with van der Waals surface area (Å²) in [6.07, 6.45) is -0.796. The van der Waals surface area contributed by atoms with E-state index in [0.717, 1.165) is 0 Å². The van der Waals surface area contributed by atoms with Crippen LogP contribution in [0.5, 0.6) is 0 Å². The Kier molecular flexibility index (Phi) is 12.1. The molecule has 0 heterocycles. The van der Waals surface area contributed by atoms with Gasteiger partial charge in [-0.25, -0.2) is 4.79 Å². The third kappa shape index (κ3) is 11.5. The van der Waals surface area contributed by atoms with Crippen molar-refractivity contribution in [2.24, 2.45) is 0 Å². The summed E-state index contributed by atoms with van der Waals surface area (Å²) in [7, 11) is 1.61. The molecule has 0 spiro atoms. The van der Waals surface area contributed by atoms with Gasteiger partial charge in [0.2, 0.25) is 0 Å². The van der Waals surface area contributed by atoms with E-state index >= 15 is 0 Å². The van der Waals surface area contributed by atoms with Gasteiger partial charge in [-0.2, -0.15) is 0 Å². The zero-order chi connectivity index (χ0) is 12.1. The normalized spacial score (nSPS) is 10.1. The first-order chi connectivity index (χ1) is 7.81. The van der Waals surface area contributed by atoms with Crippen molar-refractivity contribution in [3.63, 3.8) is 0 Å². The molecule has 16 heavy (non-hydrogen) atoms. The van der Waals surface area contributed by atoms with Gasteiger partial charge in [-0.05, 0) is 0 Å². The van der Waals surface area contributed by atoms with Gasteiger partial charge in [-0.3, -0.25) is 0 Å². The predicted molar refractivity (Wildman–Crippen MR) is 56.7 cm³/mol.